The second-order valence-corrected chi connectivity index (χ2v) is 5.32. The molecule has 0 bridgehead atoms. The van der Waals surface area contributed by atoms with E-state index in [0.29, 0.717) is 21.0 Å². The van der Waals surface area contributed by atoms with E-state index in [1.807, 2.05) is 12.1 Å². The molecule has 0 amide bonds. The minimum atomic E-state index is 0.335. The highest BCUT2D eigenvalue weighted by Gasteiger charge is 2.13. The normalized spacial score (nSPS) is 11.1. The Morgan fingerprint density at radius 3 is 2.37 bits per heavy atom. The maximum absolute atomic E-state index is 6.22. The summed E-state index contributed by atoms with van der Waals surface area (Å²) in [7, 11) is 0. The zero-order valence-corrected chi connectivity index (χ0v) is 11.8. The van der Waals surface area contributed by atoms with Crippen LogP contribution in [0, 0.1) is 0 Å². The fourth-order valence-corrected chi connectivity index (χ4v) is 2.80. The molecule has 19 heavy (non-hydrogen) atoms. The molecule has 2 N–H and O–H groups in total. The first-order valence-electron chi connectivity index (χ1n) is 5.45. The van der Waals surface area contributed by atoms with Gasteiger partial charge in [-0.3, -0.25) is 4.57 Å². The van der Waals surface area contributed by atoms with Crippen LogP contribution in [0.4, 0.5) is 5.95 Å². The summed E-state index contributed by atoms with van der Waals surface area (Å²) >= 11 is 18.3. The monoisotopic (exact) mass is 311 g/mol. The predicted molar refractivity (Wildman–Crippen MR) is 80.5 cm³/mol. The highest BCUT2D eigenvalue weighted by atomic mass is 35.5. The Labute approximate surface area is 124 Å². The third-order valence-corrected chi connectivity index (χ3v) is 3.50. The molecule has 3 rings (SSSR count). The molecule has 0 fully saturated rings. The van der Waals surface area contributed by atoms with Crippen LogP contribution in [0.1, 0.15) is 0 Å². The highest BCUT2D eigenvalue weighted by Crippen LogP contribution is 2.31. The Morgan fingerprint density at radius 2 is 1.68 bits per heavy atom. The number of hydrogen-bond acceptors (Lipinski definition) is 2. The highest BCUT2D eigenvalue weighted by molar-refractivity contribution is 6.36. The van der Waals surface area contributed by atoms with E-state index in [1.54, 1.807) is 28.8 Å². The summed E-state index contributed by atoms with van der Waals surface area (Å²) in [6.07, 6.45) is 0. The van der Waals surface area contributed by atoms with E-state index in [1.165, 1.54) is 0 Å². The van der Waals surface area contributed by atoms with Gasteiger partial charge in [0.25, 0.3) is 0 Å². The number of halogens is 3. The maximum atomic E-state index is 6.22. The average molecular weight is 313 g/mol. The fourth-order valence-electron chi connectivity index (χ4n) is 2.03. The van der Waals surface area contributed by atoms with E-state index in [9.17, 15) is 0 Å². The van der Waals surface area contributed by atoms with Gasteiger partial charge in [0.1, 0.15) is 0 Å². The Hall–Kier alpha value is -1.42. The van der Waals surface area contributed by atoms with Crippen molar-refractivity contribution in [3.63, 3.8) is 0 Å². The fraction of sp³-hybridized carbons (Fsp3) is 0. The van der Waals surface area contributed by atoms with Crippen molar-refractivity contribution in [2.45, 2.75) is 0 Å². The van der Waals surface area contributed by atoms with Crippen LogP contribution in [0.5, 0.6) is 0 Å². The Kier molecular flexibility index (Phi) is 3.05. The van der Waals surface area contributed by atoms with Gasteiger partial charge < -0.3 is 5.73 Å². The largest absolute Gasteiger partial charge is 0.369 e. The van der Waals surface area contributed by atoms with Gasteiger partial charge in [0.2, 0.25) is 5.95 Å². The number of anilines is 1. The Balaban J connectivity index is 2.38. The smallest absolute Gasteiger partial charge is 0.205 e. The van der Waals surface area contributed by atoms with E-state index in [2.05, 4.69) is 4.98 Å². The van der Waals surface area contributed by atoms with Gasteiger partial charge in [0.05, 0.1) is 21.7 Å². The Morgan fingerprint density at radius 1 is 1.00 bits per heavy atom. The summed E-state index contributed by atoms with van der Waals surface area (Å²) in [6.45, 7) is 0. The molecule has 3 aromatic rings. The lowest BCUT2D eigenvalue weighted by molar-refractivity contribution is 1.11. The molecular weight excluding hydrogens is 305 g/mol. The molecule has 0 aliphatic rings. The Bertz CT molecular complexity index is 760. The van der Waals surface area contributed by atoms with Crippen LogP contribution in [0.2, 0.25) is 15.1 Å². The summed E-state index contributed by atoms with van der Waals surface area (Å²) in [6, 6.07) is 10.6. The van der Waals surface area contributed by atoms with E-state index >= 15 is 0 Å². The number of fused-ring (bicyclic) bond motifs is 1. The molecule has 1 aromatic heterocycles. The molecule has 0 unspecified atom stereocenters. The van der Waals surface area contributed by atoms with Crippen LogP contribution in [-0.2, 0) is 0 Å². The molecular formula is C13H8Cl3N3. The van der Waals surface area contributed by atoms with E-state index < -0.39 is 0 Å². The van der Waals surface area contributed by atoms with Gasteiger partial charge in [-0.15, -0.1) is 0 Å². The van der Waals surface area contributed by atoms with Crippen LogP contribution in [0.25, 0.3) is 16.7 Å². The summed E-state index contributed by atoms with van der Waals surface area (Å²) in [5.41, 5.74) is 8.15. The molecule has 0 aliphatic heterocycles. The number of para-hydroxylation sites is 1. The van der Waals surface area contributed by atoms with Gasteiger partial charge in [0, 0.05) is 10.0 Å². The number of hydrogen-bond donors (Lipinski definition) is 1. The van der Waals surface area contributed by atoms with Crippen LogP contribution in [0.3, 0.4) is 0 Å². The topological polar surface area (TPSA) is 43.8 Å². The summed E-state index contributed by atoms with van der Waals surface area (Å²) in [5.74, 6) is 0.335. The van der Waals surface area contributed by atoms with E-state index in [-0.39, 0.29) is 0 Å². The van der Waals surface area contributed by atoms with E-state index in [0.717, 1.165) is 16.7 Å². The minimum absolute atomic E-state index is 0.335. The number of nitrogens with two attached hydrogens (primary N) is 1. The number of imidazole rings is 1. The molecule has 0 aliphatic carbocycles. The van der Waals surface area contributed by atoms with Gasteiger partial charge in [-0.05, 0) is 30.3 Å². The second-order valence-electron chi connectivity index (χ2n) is 4.04. The van der Waals surface area contributed by atoms with Crippen molar-refractivity contribution in [1.29, 1.82) is 0 Å². The lowest BCUT2D eigenvalue weighted by Gasteiger charge is -2.08. The molecule has 0 saturated heterocycles. The molecule has 1 heterocycles. The van der Waals surface area contributed by atoms with Crippen LogP contribution in [-0.4, -0.2) is 9.55 Å². The van der Waals surface area contributed by atoms with Gasteiger partial charge in [-0.2, -0.15) is 0 Å². The molecule has 0 saturated carbocycles. The van der Waals surface area contributed by atoms with Gasteiger partial charge >= 0.3 is 0 Å². The standard InChI is InChI=1S/C13H8Cl3N3/c14-7-4-8(15)6-9(5-7)19-12-10(16)2-1-3-11(12)18-13(19)17/h1-6H,(H2,17,18). The zero-order valence-electron chi connectivity index (χ0n) is 9.57. The molecule has 0 spiro atoms. The summed E-state index contributed by atoms with van der Waals surface area (Å²) < 4.78 is 1.73. The lowest BCUT2D eigenvalue weighted by Crippen LogP contribution is -2.00. The van der Waals surface area contributed by atoms with Crippen molar-refractivity contribution in [3.8, 4) is 5.69 Å². The maximum Gasteiger partial charge on any atom is 0.205 e. The molecule has 0 atom stereocenters. The first-order valence-corrected chi connectivity index (χ1v) is 6.58. The minimum Gasteiger partial charge on any atom is -0.369 e. The number of benzene rings is 2. The van der Waals surface area contributed by atoms with Gasteiger partial charge in [0.15, 0.2) is 0 Å². The molecule has 0 radical (unpaired) electrons. The van der Waals surface area contributed by atoms with Crippen molar-refractivity contribution >= 4 is 51.8 Å². The first-order chi connectivity index (χ1) is 9.06. The van der Waals surface area contributed by atoms with Gasteiger partial charge in [-0.1, -0.05) is 40.9 Å². The van der Waals surface area contributed by atoms with Gasteiger partial charge in [-0.25, -0.2) is 4.98 Å². The predicted octanol–water partition coefficient (Wildman–Crippen LogP) is 4.57. The molecule has 2 aromatic carbocycles. The van der Waals surface area contributed by atoms with Crippen LogP contribution in [0.15, 0.2) is 36.4 Å². The first kappa shape index (κ1) is 12.6. The zero-order chi connectivity index (χ0) is 13.6. The van der Waals surface area contributed by atoms with E-state index in [4.69, 9.17) is 40.5 Å². The van der Waals surface area contributed by atoms with Crippen molar-refractivity contribution in [2.24, 2.45) is 0 Å². The van der Waals surface area contributed by atoms with Crippen LogP contribution < -0.4 is 5.73 Å². The second kappa shape index (κ2) is 4.60. The third-order valence-electron chi connectivity index (χ3n) is 2.76. The number of aromatic nitrogens is 2. The average Bonchev–Trinajstić information content (AvgIpc) is 2.65. The van der Waals surface area contributed by atoms with Crippen molar-refractivity contribution < 1.29 is 0 Å². The number of nitrogen functional groups attached to an aromatic ring is 1. The summed E-state index contributed by atoms with van der Waals surface area (Å²) in [4.78, 5) is 4.28. The van der Waals surface area contributed by atoms with Crippen LogP contribution >= 0.6 is 34.8 Å². The third kappa shape index (κ3) is 2.14. The summed E-state index contributed by atoms with van der Waals surface area (Å²) in [5, 5.41) is 1.62. The number of nitrogens with zero attached hydrogens (tertiary/aromatic N) is 2. The molecule has 3 nitrogen and oxygen atoms in total. The number of rotatable bonds is 1. The van der Waals surface area contributed by atoms with Crippen molar-refractivity contribution in [1.82, 2.24) is 9.55 Å². The molecule has 96 valence electrons. The lowest BCUT2D eigenvalue weighted by atomic mass is 10.2. The van der Waals surface area contributed by atoms with Crippen molar-refractivity contribution in [2.75, 3.05) is 5.73 Å². The molecule has 6 heteroatoms. The van der Waals surface area contributed by atoms with Crippen molar-refractivity contribution in [3.05, 3.63) is 51.5 Å². The quantitative estimate of drug-likeness (QED) is 0.715. The SMILES string of the molecule is Nc1nc2cccc(Cl)c2n1-c1cc(Cl)cc(Cl)c1.